The first kappa shape index (κ1) is 12.6. The van der Waals surface area contributed by atoms with Crippen LogP contribution in [0.4, 0.5) is 0 Å². The van der Waals surface area contributed by atoms with Gasteiger partial charge in [0.2, 0.25) is 0 Å². The number of hydrogen-bond acceptors (Lipinski definition) is 4. The molecule has 2 rings (SSSR count). The molecule has 1 heterocycles. The van der Waals surface area contributed by atoms with Crippen LogP contribution >= 0.6 is 0 Å². The van der Waals surface area contributed by atoms with Crippen LogP contribution in [0.3, 0.4) is 0 Å². The Morgan fingerprint density at radius 1 is 1.32 bits per heavy atom. The zero-order valence-electron chi connectivity index (χ0n) is 9.95. The van der Waals surface area contributed by atoms with Gasteiger partial charge in [0, 0.05) is 0 Å². The molecule has 19 heavy (non-hydrogen) atoms. The van der Waals surface area contributed by atoms with E-state index in [4.69, 9.17) is 11.1 Å². The smallest absolute Gasteiger partial charge is 0.271 e. The minimum atomic E-state index is -0.859. The van der Waals surface area contributed by atoms with Gasteiger partial charge in [0.25, 0.3) is 5.91 Å². The zero-order chi connectivity index (χ0) is 13.8. The lowest BCUT2D eigenvalue weighted by Crippen LogP contribution is -2.30. The Kier molecular flexibility index (Phi) is 3.42. The van der Waals surface area contributed by atoms with Crippen molar-refractivity contribution in [3.05, 3.63) is 59.0 Å². The van der Waals surface area contributed by atoms with Crippen molar-refractivity contribution in [3.63, 3.8) is 0 Å². The fourth-order valence-corrected chi connectivity index (χ4v) is 1.51. The highest BCUT2D eigenvalue weighted by atomic mass is 16.5. The fourth-order valence-electron chi connectivity index (χ4n) is 1.51. The number of amides is 1. The molecule has 0 saturated heterocycles. The third-order valence-corrected chi connectivity index (χ3v) is 2.43. The van der Waals surface area contributed by atoms with E-state index in [1.165, 1.54) is 6.20 Å². The van der Waals surface area contributed by atoms with Crippen LogP contribution < -0.4 is 11.2 Å². The lowest BCUT2D eigenvalue weighted by Gasteiger charge is -2.02. The van der Waals surface area contributed by atoms with Crippen molar-refractivity contribution in [1.29, 1.82) is 5.41 Å². The summed E-state index contributed by atoms with van der Waals surface area (Å²) in [6.45, 7) is 0. The molecular formula is C13H12N4O2. The van der Waals surface area contributed by atoms with Crippen LogP contribution in [-0.4, -0.2) is 20.8 Å². The summed E-state index contributed by atoms with van der Waals surface area (Å²) in [6.07, 6.45) is 4.62. The number of nitrogens with zero attached hydrogens (tertiary/aromatic N) is 2. The normalized spacial score (nSPS) is 10.7. The molecule has 2 aromatic rings. The summed E-state index contributed by atoms with van der Waals surface area (Å²) in [5.74, 6) is -0.859. The maximum atomic E-state index is 11.1. The predicted octanol–water partition coefficient (Wildman–Crippen LogP) is 0.869. The fraction of sp³-hybridized carbons (Fsp3) is 0. The van der Waals surface area contributed by atoms with Gasteiger partial charge in [-0.1, -0.05) is 36.4 Å². The summed E-state index contributed by atoms with van der Waals surface area (Å²) in [5.41, 5.74) is 5.65. The molecular weight excluding hydrogens is 244 g/mol. The molecule has 4 N–H and O–H groups in total. The topological polar surface area (TPSA) is 105 Å². The molecule has 0 atom stereocenters. The largest absolute Gasteiger partial charge is 0.427 e. The first-order chi connectivity index (χ1) is 9.08. The number of hydrogen-bond donors (Lipinski definition) is 3. The Morgan fingerprint density at radius 3 is 2.63 bits per heavy atom. The van der Waals surface area contributed by atoms with Gasteiger partial charge >= 0.3 is 0 Å². The number of benzene rings is 1. The summed E-state index contributed by atoms with van der Waals surface area (Å²) in [7, 11) is 0. The van der Waals surface area contributed by atoms with E-state index in [2.05, 4.69) is 4.98 Å². The van der Waals surface area contributed by atoms with Crippen LogP contribution in [0.5, 0.6) is 0 Å². The van der Waals surface area contributed by atoms with Gasteiger partial charge < -0.3 is 10.9 Å². The van der Waals surface area contributed by atoms with Crippen molar-refractivity contribution >= 4 is 18.1 Å². The Bertz CT molecular complexity index is 690. The summed E-state index contributed by atoms with van der Waals surface area (Å²) in [4.78, 5) is 15.0. The number of aromatic nitrogens is 2. The van der Waals surface area contributed by atoms with E-state index in [1.54, 1.807) is 12.2 Å². The first-order valence-corrected chi connectivity index (χ1v) is 5.48. The van der Waals surface area contributed by atoms with E-state index >= 15 is 0 Å². The molecule has 1 amide bonds. The molecule has 0 bridgehead atoms. The van der Waals surface area contributed by atoms with E-state index in [-0.39, 0.29) is 5.69 Å². The summed E-state index contributed by atoms with van der Waals surface area (Å²) >= 11 is 0. The second-order valence-corrected chi connectivity index (χ2v) is 3.82. The van der Waals surface area contributed by atoms with Crippen LogP contribution in [0.15, 0.2) is 36.5 Å². The van der Waals surface area contributed by atoms with Gasteiger partial charge in [-0.25, -0.2) is 4.98 Å². The van der Waals surface area contributed by atoms with Crippen molar-refractivity contribution in [2.24, 2.45) is 5.73 Å². The van der Waals surface area contributed by atoms with Crippen molar-refractivity contribution in [1.82, 2.24) is 9.71 Å². The second kappa shape index (κ2) is 5.18. The highest BCUT2D eigenvalue weighted by molar-refractivity contribution is 5.90. The molecule has 1 aromatic heterocycles. The lowest BCUT2D eigenvalue weighted by atomic mass is 10.2. The third kappa shape index (κ3) is 2.86. The molecule has 6 heteroatoms. The average molecular weight is 256 g/mol. The van der Waals surface area contributed by atoms with Crippen LogP contribution in [-0.2, 0) is 0 Å². The van der Waals surface area contributed by atoms with E-state index in [0.717, 1.165) is 5.56 Å². The zero-order valence-corrected chi connectivity index (χ0v) is 9.95. The highest BCUT2D eigenvalue weighted by Gasteiger charge is 2.09. The van der Waals surface area contributed by atoms with Crippen LogP contribution in [0.25, 0.3) is 12.2 Å². The van der Waals surface area contributed by atoms with Gasteiger partial charge in [-0.05, 0) is 11.6 Å². The second-order valence-electron chi connectivity index (χ2n) is 3.82. The predicted molar refractivity (Wildman–Crippen MR) is 69.2 cm³/mol. The Hall–Kier alpha value is -2.89. The molecule has 6 nitrogen and oxygen atoms in total. The van der Waals surface area contributed by atoms with Gasteiger partial charge in [-0.15, -0.1) is 0 Å². The number of carbonyl (C=O) groups is 1. The monoisotopic (exact) mass is 256 g/mol. The minimum absolute atomic E-state index is 0.280. The van der Waals surface area contributed by atoms with Gasteiger partial charge in [-0.2, -0.15) is 4.73 Å². The number of nitrogens with one attached hydrogen (secondary N) is 1. The molecule has 96 valence electrons. The summed E-state index contributed by atoms with van der Waals surface area (Å²) in [6, 6.07) is 9.48. The number of rotatable bonds is 3. The number of carbonyl (C=O) groups excluding carboxylic acids is 1. The average Bonchev–Trinajstić information content (AvgIpc) is 2.41. The van der Waals surface area contributed by atoms with Crippen molar-refractivity contribution in [2.45, 2.75) is 0 Å². The summed E-state index contributed by atoms with van der Waals surface area (Å²) in [5, 5.41) is 16.9. The van der Waals surface area contributed by atoms with Crippen molar-refractivity contribution < 1.29 is 10.0 Å². The summed E-state index contributed by atoms with van der Waals surface area (Å²) < 4.78 is 0.512. The van der Waals surface area contributed by atoms with E-state index in [0.29, 0.717) is 10.4 Å². The molecule has 0 radical (unpaired) electrons. The first-order valence-electron chi connectivity index (χ1n) is 5.48. The number of nitrogens with two attached hydrogens (primary N) is 1. The van der Waals surface area contributed by atoms with Crippen molar-refractivity contribution in [3.8, 4) is 0 Å². The van der Waals surface area contributed by atoms with Crippen LogP contribution in [0.1, 0.15) is 21.7 Å². The van der Waals surface area contributed by atoms with Crippen LogP contribution in [0.2, 0.25) is 0 Å². The molecule has 0 spiro atoms. The molecule has 0 saturated carbocycles. The lowest BCUT2D eigenvalue weighted by molar-refractivity contribution is 0.0983. The van der Waals surface area contributed by atoms with Crippen molar-refractivity contribution in [2.75, 3.05) is 0 Å². The number of primary amides is 1. The Morgan fingerprint density at radius 2 is 2.00 bits per heavy atom. The van der Waals surface area contributed by atoms with Gasteiger partial charge in [0.05, 0.1) is 11.9 Å². The quantitative estimate of drug-likeness (QED) is 0.709. The SMILES string of the molecule is N=c1c(C(N)=O)nc(/C=C/c2ccccc2)cn1O. The standard InChI is InChI=1S/C13H12N4O2/c14-12-11(13(15)18)16-10(8-17(12)19)7-6-9-4-2-1-3-5-9/h1-8,14,19H,(H2,15,18)/b7-6+,14-12?. The molecule has 0 aliphatic heterocycles. The Balaban J connectivity index is 2.39. The van der Waals surface area contributed by atoms with E-state index in [9.17, 15) is 10.0 Å². The molecule has 0 unspecified atom stereocenters. The van der Waals surface area contributed by atoms with Gasteiger partial charge in [0.15, 0.2) is 11.2 Å². The van der Waals surface area contributed by atoms with Gasteiger partial charge in [0.1, 0.15) is 0 Å². The van der Waals surface area contributed by atoms with E-state index in [1.807, 2.05) is 30.3 Å². The minimum Gasteiger partial charge on any atom is -0.427 e. The molecule has 0 aliphatic rings. The highest BCUT2D eigenvalue weighted by Crippen LogP contribution is 2.05. The third-order valence-electron chi connectivity index (χ3n) is 2.43. The van der Waals surface area contributed by atoms with Crippen LogP contribution in [0, 0.1) is 5.41 Å². The molecule has 1 aromatic carbocycles. The maximum Gasteiger partial charge on any atom is 0.271 e. The van der Waals surface area contributed by atoms with E-state index < -0.39 is 11.4 Å². The molecule has 0 fully saturated rings. The Labute approximate surface area is 108 Å². The molecule has 0 aliphatic carbocycles. The van der Waals surface area contributed by atoms with Gasteiger partial charge in [-0.3, -0.25) is 10.2 Å². The maximum absolute atomic E-state index is 11.1.